The molecule has 0 radical (unpaired) electrons. The molecule has 2 aromatic rings. The van der Waals surface area contributed by atoms with E-state index in [1.807, 2.05) is 18.2 Å². The number of aliphatic hydroxyl groups excluding tert-OH is 1. The van der Waals surface area contributed by atoms with Crippen molar-refractivity contribution in [3.05, 3.63) is 59.1 Å². The number of nitrogens with zero attached hydrogens (tertiary/aromatic N) is 2. The number of hydrogen-bond donors (Lipinski definition) is 1. The molecule has 1 aliphatic rings. The number of β-amino-alcohol motifs (C(OH)–C–C–N with tert-alkyl or cyclic N) is 1. The molecule has 3 rings (SSSR count). The van der Waals surface area contributed by atoms with Gasteiger partial charge in [0, 0.05) is 49.0 Å². The fourth-order valence-corrected chi connectivity index (χ4v) is 3.38. The van der Waals surface area contributed by atoms with Crippen LogP contribution in [0.2, 0.25) is 5.02 Å². The van der Waals surface area contributed by atoms with Crippen molar-refractivity contribution in [3.8, 4) is 5.75 Å². The van der Waals surface area contributed by atoms with Crippen LogP contribution in [0.1, 0.15) is 17.3 Å². The van der Waals surface area contributed by atoms with Crippen LogP contribution in [-0.2, 0) is 0 Å². The Bertz CT molecular complexity index is 758. The zero-order valence-electron chi connectivity index (χ0n) is 15.5. The van der Waals surface area contributed by atoms with E-state index in [9.17, 15) is 9.90 Å². The van der Waals surface area contributed by atoms with Gasteiger partial charge in [-0.15, -0.1) is 0 Å². The first kappa shape index (κ1) is 19.7. The molecular weight excluding hydrogens is 364 g/mol. The maximum Gasteiger partial charge on any atom is 0.159 e. The van der Waals surface area contributed by atoms with Crippen molar-refractivity contribution in [2.45, 2.75) is 13.0 Å². The maximum absolute atomic E-state index is 11.3. The average molecular weight is 389 g/mol. The largest absolute Gasteiger partial charge is 0.491 e. The maximum atomic E-state index is 11.3. The summed E-state index contributed by atoms with van der Waals surface area (Å²) in [6.07, 6.45) is -0.560. The number of rotatable bonds is 7. The second-order valence-electron chi connectivity index (χ2n) is 6.81. The zero-order valence-corrected chi connectivity index (χ0v) is 16.2. The molecule has 0 bridgehead atoms. The Hall–Kier alpha value is -2.08. The molecule has 27 heavy (non-hydrogen) atoms. The number of piperazine rings is 1. The number of hydrogen-bond acceptors (Lipinski definition) is 5. The second-order valence-corrected chi connectivity index (χ2v) is 7.25. The number of halogens is 1. The highest BCUT2D eigenvalue weighted by atomic mass is 35.5. The number of ether oxygens (including phenoxy) is 1. The summed E-state index contributed by atoms with van der Waals surface area (Å²) in [6.45, 7) is 5.92. The van der Waals surface area contributed by atoms with E-state index in [4.69, 9.17) is 16.3 Å². The number of Topliss-reactive ketones (excluding diaryl/α,β-unsaturated/α-hetero) is 1. The normalized spacial score (nSPS) is 16.2. The van der Waals surface area contributed by atoms with Crippen LogP contribution in [0.3, 0.4) is 0 Å². The van der Waals surface area contributed by atoms with E-state index in [1.165, 1.54) is 6.92 Å². The summed E-state index contributed by atoms with van der Waals surface area (Å²) in [6, 6.07) is 14.9. The fraction of sp³-hybridized carbons (Fsp3) is 0.381. The van der Waals surface area contributed by atoms with Gasteiger partial charge in [-0.2, -0.15) is 0 Å². The van der Waals surface area contributed by atoms with Gasteiger partial charge >= 0.3 is 0 Å². The summed E-state index contributed by atoms with van der Waals surface area (Å²) >= 11 is 6.07. The van der Waals surface area contributed by atoms with Crippen LogP contribution >= 0.6 is 11.6 Å². The van der Waals surface area contributed by atoms with Gasteiger partial charge in [0.05, 0.1) is 0 Å². The van der Waals surface area contributed by atoms with Gasteiger partial charge < -0.3 is 14.7 Å². The lowest BCUT2D eigenvalue weighted by molar-refractivity contribution is 0.0663. The summed E-state index contributed by atoms with van der Waals surface area (Å²) in [5.74, 6) is 0.684. The first-order valence-electron chi connectivity index (χ1n) is 9.16. The summed E-state index contributed by atoms with van der Waals surface area (Å²) < 4.78 is 5.63. The smallest absolute Gasteiger partial charge is 0.159 e. The number of aliphatic hydroxyl groups is 1. The number of benzene rings is 2. The van der Waals surface area contributed by atoms with Gasteiger partial charge in [0.2, 0.25) is 0 Å². The molecule has 1 N–H and O–H groups in total. The molecule has 6 heteroatoms. The van der Waals surface area contributed by atoms with Crippen molar-refractivity contribution < 1.29 is 14.6 Å². The summed E-state index contributed by atoms with van der Waals surface area (Å²) in [7, 11) is 0. The standard InChI is InChI=1S/C21H25ClN2O3/c1-16(25)17-5-7-21(8-6-17)27-15-20(26)14-23-9-11-24(12-10-23)19-4-2-3-18(22)13-19/h2-8,13,20,26H,9-12,14-15H2,1H3/t20-/m1/s1. The lowest BCUT2D eigenvalue weighted by atomic mass is 10.1. The topological polar surface area (TPSA) is 53.0 Å². The van der Waals surface area contributed by atoms with Gasteiger partial charge in [0.1, 0.15) is 18.5 Å². The molecular formula is C21H25ClN2O3. The quantitative estimate of drug-likeness (QED) is 0.738. The lowest BCUT2D eigenvalue weighted by Gasteiger charge is -2.36. The molecule has 144 valence electrons. The van der Waals surface area contributed by atoms with Gasteiger partial charge in [-0.3, -0.25) is 9.69 Å². The molecule has 2 aromatic carbocycles. The van der Waals surface area contributed by atoms with Crippen molar-refractivity contribution in [1.82, 2.24) is 4.90 Å². The van der Waals surface area contributed by atoms with Gasteiger partial charge in [0.25, 0.3) is 0 Å². The predicted molar refractivity (Wildman–Crippen MR) is 108 cm³/mol. The molecule has 1 heterocycles. The molecule has 1 fully saturated rings. The molecule has 0 aromatic heterocycles. The van der Waals surface area contributed by atoms with E-state index in [0.29, 0.717) is 17.9 Å². The van der Waals surface area contributed by atoms with Crippen LogP contribution in [0.5, 0.6) is 5.75 Å². The highest BCUT2D eigenvalue weighted by molar-refractivity contribution is 6.30. The van der Waals surface area contributed by atoms with E-state index < -0.39 is 6.10 Å². The number of carbonyl (C=O) groups is 1. The van der Waals surface area contributed by atoms with Crippen LogP contribution in [0, 0.1) is 0 Å². The molecule has 0 saturated carbocycles. The predicted octanol–water partition coefficient (Wildman–Crippen LogP) is 3.10. The Kier molecular flexibility index (Phi) is 6.72. The summed E-state index contributed by atoms with van der Waals surface area (Å²) in [5, 5.41) is 11.0. The van der Waals surface area contributed by atoms with E-state index >= 15 is 0 Å². The van der Waals surface area contributed by atoms with Crippen LogP contribution in [0.15, 0.2) is 48.5 Å². The minimum atomic E-state index is -0.560. The Labute approximate surface area is 165 Å². The first-order chi connectivity index (χ1) is 13.0. The number of anilines is 1. The molecule has 5 nitrogen and oxygen atoms in total. The van der Waals surface area contributed by atoms with Crippen molar-refractivity contribution in [2.75, 3.05) is 44.2 Å². The lowest BCUT2D eigenvalue weighted by Crippen LogP contribution is -2.49. The Morgan fingerprint density at radius 2 is 1.85 bits per heavy atom. The Balaban J connectivity index is 1.41. The van der Waals surface area contributed by atoms with E-state index in [0.717, 1.165) is 36.9 Å². The van der Waals surface area contributed by atoms with Crippen LogP contribution in [-0.4, -0.2) is 61.2 Å². The molecule has 0 unspecified atom stereocenters. The van der Waals surface area contributed by atoms with Crippen molar-refractivity contribution in [2.24, 2.45) is 0 Å². The highest BCUT2D eigenvalue weighted by Crippen LogP contribution is 2.21. The summed E-state index contributed by atoms with van der Waals surface area (Å²) in [4.78, 5) is 15.8. The highest BCUT2D eigenvalue weighted by Gasteiger charge is 2.20. The third-order valence-corrected chi connectivity index (χ3v) is 4.95. The third-order valence-electron chi connectivity index (χ3n) is 4.72. The molecule has 0 aliphatic carbocycles. The van der Waals surface area contributed by atoms with Crippen LogP contribution in [0.25, 0.3) is 0 Å². The number of carbonyl (C=O) groups excluding carboxylic acids is 1. The Morgan fingerprint density at radius 3 is 2.48 bits per heavy atom. The van der Waals surface area contributed by atoms with Crippen molar-refractivity contribution >= 4 is 23.1 Å². The molecule has 0 spiro atoms. The van der Waals surface area contributed by atoms with Gasteiger partial charge in [-0.05, 0) is 49.4 Å². The second kappa shape index (κ2) is 9.22. The van der Waals surface area contributed by atoms with E-state index in [1.54, 1.807) is 24.3 Å². The van der Waals surface area contributed by atoms with Gasteiger partial charge in [0.15, 0.2) is 5.78 Å². The molecule has 1 saturated heterocycles. The summed E-state index contributed by atoms with van der Waals surface area (Å²) in [5.41, 5.74) is 1.79. The SMILES string of the molecule is CC(=O)c1ccc(OC[C@H](O)CN2CCN(c3cccc(Cl)c3)CC2)cc1. The van der Waals surface area contributed by atoms with Crippen molar-refractivity contribution in [3.63, 3.8) is 0 Å². The Morgan fingerprint density at radius 1 is 1.15 bits per heavy atom. The molecule has 0 amide bonds. The van der Waals surface area contributed by atoms with Gasteiger partial charge in [-0.1, -0.05) is 17.7 Å². The monoisotopic (exact) mass is 388 g/mol. The van der Waals surface area contributed by atoms with E-state index in [2.05, 4.69) is 15.9 Å². The van der Waals surface area contributed by atoms with Crippen molar-refractivity contribution in [1.29, 1.82) is 0 Å². The number of ketones is 1. The average Bonchev–Trinajstić information content (AvgIpc) is 2.67. The van der Waals surface area contributed by atoms with Gasteiger partial charge in [-0.25, -0.2) is 0 Å². The molecule has 1 aliphatic heterocycles. The minimum Gasteiger partial charge on any atom is -0.491 e. The van der Waals surface area contributed by atoms with Crippen LogP contribution in [0.4, 0.5) is 5.69 Å². The third kappa shape index (κ3) is 5.70. The van der Waals surface area contributed by atoms with E-state index in [-0.39, 0.29) is 12.4 Å². The molecule has 1 atom stereocenters. The minimum absolute atomic E-state index is 0.0264. The zero-order chi connectivity index (χ0) is 19.2. The first-order valence-corrected chi connectivity index (χ1v) is 9.54. The van der Waals surface area contributed by atoms with Crippen LogP contribution < -0.4 is 9.64 Å². The fourth-order valence-electron chi connectivity index (χ4n) is 3.19.